The predicted octanol–water partition coefficient (Wildman–Crippen LogP) is 2.17. The Labute approximate surface area is 179 Å². The van der Waals surface area contributed by atoms with Crippen LogP contribution in [0.15, 0.2) is 24.4 Å². The van der Waals surface area contributed by atoms with E-state index in [4.69, 9.17) is 0 Å². The van der Waals surface area contributed by atoms with Crippen LogP contribution in [0.25, 0.3) is 0 Å². The SMILES string of the molecule is CC1c2[nH]nc(NC(=O)c3ccccn3)c2CN1C(=O)N1C[C@@H]2C[C@H](F)CN2C[C@@H]1C. The van der Waals surface area contributed by atoms with Crippen LogP contribution in [0.5, 0.6) is 0 Å². The maximum Gasteiger partial charge on any atom is 0.321 e. The number of carbonyl (C=O) groups is 2. The molecule has 3 aliphatic rings. The lowest BCUT2D eigenvalue weighted by atomic mass is 10.1. The van der Waals surface area contributed by atoms with Gasteiger partial charge in [-0.1, -0.05) is 6.07 Å². The van der Waals surface area contributed by atoms with Gasteiger partial charge in [-0.3, -0.25) is 19.8 Å². The van der Waals surface area contributed by atoms with Crippen LogP contribution in [0.3, 0.4) is 0 Å². The number of hydrogen-bond donors (Lipinski definition) is 2. The normalized spacial score (nSPS) is 27.8. The number of halogens is 1. The third-order valence-corrected chi connectivity index (χ3v) is 6.65. The Morgan fingerprint density at radius 2 is 2.03 bits per heavy atom. The first kappa shape index (κ1) is 19.9. The Bertz CT molecular complexity index is 997. The molecular weight excluding hydrogens is 401 g/mol. The molecule has 3 aliphatic heterocycles. The number of fused-ring (bicyclic) bond motifs is 2. The summed E-state index contributed by atoms with van der Waals surface area (Å²) >= 11 is 0. The van der Waals surface area contributed by atoms with Crippen LogP contribution in [0.2, 0.25) is 0 Å². The highest BCUT2D eigenvalue weighted by molar-refractivity contribution is 6.02. The molecule has 2 saturated heterocycles. The van der Waals surface area contributed by atoms with E-state index in [1.54, 1.807) is 29.3 Å². The van der Waals surface area contributed by atoms with Gasteiger partial charge in [0.15, 0.2) is 5.82 Å². The molecule has 5 heterocycles. The van der Waals surface area contributed by atoms with E-state index < -0.39 is 6.17 Å². The number of urea groups is 1. The Morgan fingerprint density at radius 1 is 1.19 bits per heavy atom. The van der Waals surface area contributed by atoms with Crippen LogP contribution in [0.4, 0.5) is 15.0 Å². The van der Waals surface area contributed by atoms with Crippen LogP contribution in [0, 0.1) is 0 Å². The molecular formula is C21H26FN7O2. The first-order valence-corrected chi connectivity index (χ1v) is 10.7. The zero-order valence-electron chi connectivity index (χ0n) is 17.6. The number of alkyl halides is 1. The number of aromatic nitrogens is 3. The number of anilines is 1. The summed E-state index contributed by atoms with van der Waals surface area (Å²) in [6, 6.07) is 4.96. The smallest absolute Gasteiger partial charge is 0.319 e. The Hall–Kier alpha value is -3.01. The molecule has 1 unspecified atom stereocenters. The second-order valence-electron chi connectivity index (χ2n) is 8.66. The summed E-state index contributed by atoms with van der Waals surface area (Å²) in [6.45, 7) is 6.01. The summed E-state index contributed by atoms with van der Waals surface area (Å²) in [4.78, 5) is 35.8. The van der Waals surface area contributed by atoms with Crippen molar-refractivity contribution >= 4 is 17.8 Å². The van der Waals surface area contributed by atoms with Gasteiger partial charge < -0.3 is 15.1 Å². The summed E-state index contributed by atoms with van der Waals surface area (Å²) in [5.74, 6) is 0.0702. The monoisotopic (exact) mass is 427 g/mol. The topological polar surface area (TPSA) is 97.5 Å². The van der Waals surface area contributed by atoms with Crippen molar-refractivity contribution in [1.82, 2.24) is 29.9 Å². The molecule has 4 atom stereocenters. The highest BCUT2D eigenvalue weighted by atomic mass is 19.1. The number of piperazine rings is 1. The lowest BCUT2D eigenvalue weighted by molar-refractivity contribution is 0.0577. The molecule has 0 radical (unpaired) electrons. The molecule has 0 aliphatic carbocycles. The lowest BCUT2D eigenvalue weighted by Gasteiger charge is -2.43. The third-order valence-electron chi connectivity index (χ3n) is 6.65. The van der Waals surface area contributed by atoms with Gasteiger partial charge in [-0.15, -0.1) is 0 Å². The average molecular weight is 427 g/mol. The minimum absolute atomic E-state index is 0.0154. The van der Waals surface area contributed by atoms with Crippen molar-refractivity contribution in [3.63, 3.8) is 0 Å². The fraction of sp³-hybridized carbons (Fsp3) is 0.524. The van der Waals surface area contributed by atoms with Gasteiger partial charge in [0.2, 0.25) is 0 Å². The van der Waals surface area contributed by atoms with Gasteiger partial charge in [0.1, 0.15) is 11.9 Å². The minimum Gasteiger partial charge on any atom is -0.319 e. The van der Waals surface area contributed by atoms with Crippen LogP contribution < -0.4 is 5.32 Å². The van der Waals surface area contributed by atoms with E-state index in [0.29, 0.717) is 44.1 Å². The Kier molecular flexibility index (Phi) is 4.88. The van der Waals surface area contributed by atoms with Gasteiger partial charge in [-0.25, -0.2) is 9.18 Å². The Balaban J connectivity index is 1.30. The summed E-state index contributed by atoms with van der Waals surface area (Å²) in [6.07, 6.45) is 1.23. The van der Waals surface area contributed by atoms with Gasteiger partial charge in [-0.2, -0.15) is 5.10 Å². The van der Waals surface area contributed by atoms with Crippen LogP contribution >= 0.6 is 0 Å². The van der Waals surface area contributed by atoms with Gasteiger partial charge in [0, 0.05) is 43.5 Å². The maximum absolute atomic E-state index is 13.8. The van der Waals surface area contributed by atoms with Crippen molar-refractivity contribution in [3.05, 3.63) is 41.3 Å². The zero-order chi connectivity index (χ0) is 21.7. The van der Waals surface area contributed by atoms with Crippen molar-refractivity contribution in [3.8, 4) is 0 Å². The summed E-state index contributed by atoms with van der Waals surface area (Å²) in [5, 5.41) is 10.0. The number of aromatic amines is 1. The minimum atomic E-state index is -0.811. The summed E-state index contributed by atoms with van der Waals surface area (Å²) in [5.41, 5.74) is 1.93. The summed E-state index contributed by atoms with van der Waals surface area (Å²) in [7, 11) is 0. The highest BCUT2D eigenvalue weighted by Gasteiger charge is 2.44. The van der Waals surface area contributed by atoms with Crippen molar-refractivity contribution in [1.29, 1.82) is 0 Å². The van der Waals surface area contributed by atoms with E-state index in [2.05, 4.69) is 25.4 Å². The molecule has 2 fully saturated rings. The molecule has 2 aromatic rings. The molecule has 3 amide bonds. The number of amides is 3. The van der Waals surface area contributed by atoms with Crippen molar-refractivity contribution in [2.24, 2.45) is 0 Å². The highest BCUT2D eigenvalue weighted by Crippen LogP contribution is 2.37. The fourth-order valence-corrected chi connectivity index (χ4v) is 4.97. The quantitative estimate of drug-likeness (QED) is 0.766. The molecule has 2 N–H and O–H groups in total. The maximum atomic E-state index is 13.8. The first-order valence-electron chi connectivity index (χ1n) is 10.7. The largest absolute Gasteiger partial charge is 0.321 e. The second kappa shape index (κ2) is 7.60. The van der Waals surface area contributed by atoms with E-state index in [9.17, 15) is 14.0 Å². The van der Waals surface area contributed by atoms with Gasteiger partial charge in [-0.05, 0) is 32.4 Å². The zero-order valence-corrected chi connectivity index (χ0v) is 17.6. The van der Waals surface area contributed by atoms with Crippen LogP contribution in [0.1, 0.15) is 48.1 Å². The van der Waals surface area contributed by atoms with E-state index in [0.717, 1.165) is 11.3 Å². The van der Waals surface area contributed by atoms with E-state index in [1.165, 1.54) is 0 Å². The van der Waals surface area contributed by atoms with Crippen LogP contribution in [-0.2, 0) is 6.54 Å². The van der Waals surface area contributed by atoms with E-state index in [1.807, 2.05) is 18.7 Å². The number of rotatable bonds is 2. The van der Waals surface area contributed by atoms with E-state index >= 15 is 0 Å². The van der Waals surface area contributed by atoms with Gasteiger partial charge in [0.05, 0.1) is 18.3 Å². The van der Waals surface area contributed by atoms with Crippen LogP contribution in [-0.4, -0.2) is 79.7 Å². The molecule has 0 aromatic carbocycles. The standard InChI is InChI=1S/C21H26FN7O2/c1-12-8-27-9-14(22)7-15(27)10-28(12)21(31)29-11-16-18(13(29)2)25-26-19(16)24-20(30)17-5-3-4-6-23-17/h3-6,12-15H,7-11H2,1-2H3,(H2,24,25,26,30)/t12-,13?,14-,15-/m0/s1. The fourth-order valence-electron chi connectivity index (χ4n) is 4.97. The Morgan fingerprint density at radius 3 is 2.81 bits per heavy atom. The number of nitrogens with zero attached hydrogens (tertiary/aromatic N) is 5. The molecule has 5 rings (SSSR count). The van der Waals surface area contributed by atoms with Crippen molar-refractivity contribution < 1.29 is 14.0 Å². The van der Waals surface area contributed by atoms with Crippen molar-refractivity contribution in [2.75, 3.05) is 25.0 Å². The summed E-state index contributed by atoms with van der Waals surface area (Å²) < 4.78 is 13.8. The molecule has 0 bridgehead atoms. The predicted molar refractivity (Wildman–Crippen MR) is 111 cm³/mol. The molecule has 31 heavy (non-hydrogen) atoms. The number of nitrogens with one attached hydrogen (secondary N) is 2. The lowest BCUT2D eigenvalue weighted by Crippen LogP contribution is -2.59. The molecule has 10 heteroatoms. The molecule has 164 valence electrons. The number of hydrogen-bond acceptors (Lipinski definition) is 5. The van der Waals surface area contributed by atoms with E-state index in [-0.39, 0.29) is 30.1 Å². The number of H-pyrrole nitrogens is 1. The molecule has 2 aromatic heterocycles. The van der Waals surface area contributed by atoms with Crippen molar-refractivity contribution in [2.45, 2.75) is 51.1 Å². The first-order chi connectivity index (χ1) is 14.9. The van der Waals surface area contributed by atoms with Gasteiger partial charge >= 0.3 is 6.03 Å². The number of pyridine rings is 1. The third kappa shape index (κ3) is 3.44. The molecule has 0 saturated carbocycles. The molecule has 9 nitrogen and oxygen atoms in total. The second-order valence-corrected chi connectivity index (χ2v) is 8.66. The average Bonchev–Trinajstić information content (AvgIpc) is 3.42. The molecule has 0 spiro atoms. The van der Waals surface area contributed by atoms with Gasteiger partial charge in [0.25, 0.3) is 5.91 Å². The number of carbonyl (C=O) groups excluding carboxylic acids is 2.